The maximum absolute atomic E-state index is 13.2. The summed E-state index contributed by atoms with van der Waals surface area (Å²) in [4.78, 5) is 0.0874. The van der Waals surface area contributed by atoms with Crippen molar-refractivity contribution in [3.05, 3.63) is 65.5 Å². The second kappa shape index (κ2) is 6.34. The van der Waals surface area contributed by atoms with Crippen LogP contribution in [0.2, 0.25) is 0 Å². The smallest absolute Gasteiger partial charge is 0.238 e. The van der Waals surface area contributed by atoms with Crippen LogP contribution in [-0.4, -0.2) is 8.42 Å². The summed E-state index contributed by atoms with van der Waals surface area (Å²) < 4.78 is 35.5. The second-order valence-electron chi connectivity index (χ2n) is 4.85. The average molecular weight is 308 g/mol. The zero-order valence-electron chi connectivity index (χ0n) is 11.6. The van der Waals surface area contributed by atoms with Gasteiger partial charge in [-0.05, 0) is 42.3 Å². The summed E-state index contributed by atoms with van der Waals surface area (Å²) >= 11 is 0. The molecule has 0 aliphatic heterocycles. The van der Waals surface area contributed by atoms with Gasteiger partial charge in [-0.1, -0.05) is 24.3 Å². The SMILES string of the molecule is CC(NCc1ccc(S(N)(=O)=O)cc1)c1cccc(F)c1. The van der Waals surface area contributed by atoms with Crippen LogP contribution in [0.25, 0.3) is 0 Å². The number of benzene rings is 2. The number of halogens is 1. The fraction of sp³-hybridized carbons (Fsp3) is 0.200. The Kier molecular flexibility index (Phi) is 4.72. The van der Waals surface area contributed by atoms with Gasteiger partial charge in [-0.15, -0.1) is 0 Å². The molecule has 0 heterocycles. The molecule has 0 aliphatic carbocycles. The topological polar surface area (TPSA) is 72.2 Å². The highest BCUT2D eigenvalue weighted by Gasteiger charge is 2.08. The molecule has 0 bridgehead atoms. The van der Waals surface area contributed by atoms with Crippen LogP contribution in [0.3, 0.4) is 0 Å². The molecule has 0 aromatic heterocycles. The van der Waals surface area contributed by atoms with Crippen molar-refractivity contribution in [3.8, 4) is 0 Å². The first-order valence-electron chi connectivity index (χ1n) is 6.47. The Balaban J connectivity index is 2.00. The quantitative estimate of drug-likeness (QED) is 0.890. The van der Waals surface area contributed by atoms with Gasteiger partial charge >= 0.3 is 0 Å². The highest BCUT2D eigenvalue weighted by Crippen LogP contribution is 2.15. The summed E-state index contributed by atoms with van der Waals surface area (Å²) in [5.74, 6) is -0.265. The second-order valence-corrected chi connectivity index (χ2v) is 6.41. The van der Waals surface area contributed by atoms with Gasteiger partial charge in [0, 0.05) is 12.6 Å². The molecule has 112 valence electrons. The molecule has 2 rings (SSSR count). The van der Waals surface area contributed by atoms with Crippen molar-refractivity contribution < 1.29 is 12.8 Å². The molecule has 6 heteroatoms. The third-order valence-electron chi connectivity index (χ3n) is 3.21. The van der Waals surface area contributed by atoms with Crippen LogP contribution < -0.4 is 10.5 Å². The van der Waals surface area contributed by atoms with E-state index in [0.717, 1.165) is 11.1 Å². The van der Waals surface area contributed by atoms with E-state index in [4.69, 9.17) is 5.14 Å². The summed E-state index contributed by atoms with van der Waals surface area (Å²) in [6.07, 6.45) is 0. The van der Waals surface area contributed by atoms with Gasteiger partial charge < -0.3 is 5.32 Å². The van der Waals surface area contributed by atoms with Gasteiger partial charge in [0.05, 0.1) is 4.90 Å². The normalized spacial score (nSPS) is 13.1. The fourth-order valence-corrected chi connectivity index (χ4v) is 2.48. The monoisotopic (exact) mass is 308 g/mol. The molecule has 3 N–H and O–H groups in total. The van der Waals surface area contributed by atoms with Crippen molar-refractivity contribution >= 4 is 10.0 Å². The Bertz CT molecular complexity index is 715. The zero-order chi connectivity index (χ0) is 15.5. The van der Waals surface area contributed by atoms with E-state index < -0.39 is 10.0 Å². The van der Waals surface area contributed by atoms with Gasteiger partial charge in [0.1, 0.15) is 5.82 Å². The molecule has 0 amide bonds. The lowest BCUT2D eigenvalue weighted by Gasteiger charge is -2.14. The largest absolute Gasteiger partial charge is 0.306 e. The first-order valence-corrected chi connectivity index (χ1v) is 8.01. The van der Waals surface area contributed by atoms with Crippen molar-refractivity contribution in [2.45, 2.75) is 24.4 Å². The van der Waals surface area contributed by atoms with E-state index in [2.05, 4.69) is 5.32 Å². The molecule has 1 atom stereocenters. The highest BCUT2D eigenvalue weighted by molar-refractivity contribution is 7.89. The Labute approximate surface area is 123 Å². The molecule has 0 fully saturated rings. The number of nitrogens with one attached hydrogen (secondary N) is 1. The predicted octanol–water partition coefficient (Wildman–Crippen LogP) is 2.32. The minimum Gasteiger partial charge on any atom is -0.306 e. The van der Waals surface area contributed by atoms with Crippen LogP contribution in [0, 0.1) is 5.82 Å². The lowest BCUT2D eigenvalue weighted by molar-refractivity contribution is 0.565. The predicted molar refractivity (Wildman–Crippen MR) is 79.5 cm³/mol. The minimum absolute atomic E-state index is 0.0152. The molecule has 0 radical (unpaired) electrons. The molecule has 0 aliphatic rings. The number of sulfonamides is 1. The third-order valence-corrected chi connectivity index (χ3v) is 4.14. The number of primary sulfonamides is 1. The van der Waals surface area contributed by atoms with E-state index in [0.29, 0.717) is 6.54 Å². The average Bonchev–Trinajstić information content (AvgIpc) is 2.44. The Morgan fingerprint density at radius 1 is 1.19 bits per heavy atom. The van der Waals surface area contributed by atoms with Crippen molar-refractivity contribution in [1.82, 2.24) is 5.32 Å². The number of hydrogen-bond donors (Lipinski definition) is 2. The third kappa shape index (κ3) is 4.35. The summed E-state index contributed by atoms with van der Waals surface area (Å²) in [5.41, 5.74) is 1.78. The lowest BCUT2D eigenvalue weighted by Crippen LogP contribution is -2.18. The maximum Gasteiger partial charge on any atom is 0.238 e. The molecule has 21 heavy (non-hydrogen) atoms. The van der Waals surface area contributed by atoms with Gasteiger partial charge in [-0.2, -0.15) is 0 Å². The Morgan fingerprint density at radius 2 is 1.86 bits per heavy atom. The summed E-state index contributed by atoms with van der Waals surface area (Å²) in [7, 11) is -3.66. The number of nitrogens with two attached hydrogens (primary N) is 1. The van der Waals surface area contributed by atoms with Crippen molar-refractivity contribution in [3.63, 3.8) is 0 Å². The van der Waals surface area contributed by atoms with E-state index in [1.165, 1.54) is 24.3 Å². The molecule has 1 unspecified atom stereocenters. The van der Waals surface area contributed by atoms with Crippen molar-refractivity contribution in [1.29, 1.82) is 0 Å². The first-order chi connectivity index (χ1) is 9.86. The van der Waals surface area contributed by atoms with Gasteiger partial charge in [0.2, 0.25) is 10.0 Å². The van der Waals surface area contributed by atoms with Gasteiger partial charge in [-0.3, -0.25) is 0 Å². The van der Waals surface area contributed by atoms with Crippen LogP contribution in [0.1, 0.15) is 24.1 Å². The minimum atomic E-state index is -3.66. The van der Waals surface area contributed by atoms with Crippen molar-refractivity contribution in [2.24, 2.45) is 5.14 Å². The van der Waals surface area contributed by atoms with Crippen LogP contribution in [-0.2, 0) is 16.6 Å². The first kappa shape index (κ1) is 15.6. The maximum atomic E-state index is 13.2. The van der Waals surface area contributed by atoms with E-state index in [9.17, 15) is 12.8 Å². The zero-order valence-corrected chi connectivity index (χ0v) is 12.4. The molecular formula is C15H17FN2O2S. The van der Waals surface area contributed by atoms with Gasteiger partial charge in [0.25, 0.3) is 0 Å². The summed E-state index contributed by atoms with van der Waals surface area (Å²) in [5, 5.41) is 8.29. The molecule has 0 spiro atoms. The van der Waals surface area contributed by atoms with Crippen LogP contribution in [0.5, 0.6) is 0 Å². The van der Waals surface area contributed by atoms with E-state index in [1.807, 2.05) is 13.0 Å². The molecule has 2 aromatic carbocycles. The van der Waals surface area contributed by atoms with Crippen LogP contribution >= 0.6 is 0 Å². The summed E-state index contributed by atoms with van der Waals surface area (Å²) in [6, 6.07) is 12.7. The lowest BCUT2D eigenvalue weighted by atomic mass is 10.1. The van der Waals surface area contributed by atoms with Crippen LogP contribution in [0.15, 0.2) is 53.4 Å². The molecule has 0 saturated carbocycles. The highest BCUT2D eigenvalue weighted by atomic mass is 32.2. The Morgan fingerprint density at radius 3 is 2.43 bits per heavy atom. The standard InChI is InChI=1S/C15H17FN2O2S/c1-11(13-3-2-4-14(16)9-13)18-10-12-5-7-15(8-6-12)21(17,19)20/h2-9,11,18H,10H2,1H3,(H2,17,19,20). The van der Waals surface area contributed by atoms with E-state index in [1.54, 1.807) is 18.2 Å². The summed E-state index contributed by atoms with van der Waals surface area (Å²) in [6.45, 7) is 2.48. The molecule has 4 nitrogen and oxygen atoms in total. The molecule has 0 saturated heterocycles. The van der Waals surface area contributed by atoms with Gasteiger partial charge in [-0.25, -0.2) is 17.9 Å². The Hall–Kier alpha value is -1.76. The fourth-order valence-electron chi connectivity index (χ4n) is 1.96. The molecule has 2 aromatic rings. The van der Waals surface area contributed by atoms with Gasteiger partial charge in [0.15, 0.2) is 0 Å². The van der Waals surface area contributed by atoms with E-state index >= 15 is 0 Å². The molecular weight excluding hydrogens is 291 g/mol. The van der Waals surface area contributed by atoms with E-state index in [-0.39, 0.29) is 16.8 Å². The number of hydrogen-bond acceptors (Lipinski definition) is 3. The van der Waals surface area contributed by atoms with Crippen molar-refractivity contribution in [2.75, 3.05) is 0 Å². The number of rotatable bonds is 5. The van der Waals surface area contributed by atoms with Crippen LogP contribution in [0.4, 0.5) is 4.39 Å².